The number of para-hydroxylation sites is 1. The van der Waals surface area contributed by atoms with Crippen molar-refractivity contribution < 1.29 is 18.3 Å². The minimum Gasteiger partial charge on any atom is -0.489 e. The van der Waals surface area contributed by atoms with Crippen LogP contribution in [-0.4, -0.2) is 61.9 Å². The van der Waals surface area contributed by atoms with Crippen LogP contribution in [0.25, 0.3) is 11.0 Å². The number of aromatic nitrogens is 2. The Labute approximate surface area is 231 Å². The second-order valence-corrected chi connectivity index (χ2v) is 11.6. The van der Waals surface area contributed by atoms with Gasteiger partial charge in [-0.25, -0.2) is 13.2 Å². The molecule has 12 heteroatoms. The van der Waals surface area contributed by atoms with Gasteiger partial charge in [-0.2, -0.15) is 0 Å². The van der Waals surface area contributed by atoms with Crippen molar-refractivity contribution in [1.82, 2.24) is 15.3 Å². The van der Waals surface area contributed by atoms with Crippen LogP contribution in [0, 0.1) is 0 Å². The Hall–Kier alpha value is -3.51. The molecule has 0 spiro atoms. The van der Waals surface area contributed by atoms with Crippen LogP contribution < -0.4 is 25.4 Å². The first-order valence-electron chi connectivity index (χ1n) is 12.7. The molecule has 1 saturated heterocycles. The molecule has 1 aromatic heterocycles. The maximum Gasteiger partial charge on any atom is 0.323 e. The molecule has 1 aliphatic heterocycles. The van der Waals surface area contributed by atoms with Crippen LogP contribution in [0.2, 0.25) is 5.02 Å². The van der Waals surface area contributed by atoms with Crippen molar-refractivity contribution in [1.29, 1.82) is 0 Å². The number of ether oxygens (including phenoxy) is 1. The molecule has 5 rings (SSSR count). The number of halogens is 1. The third-order valence-electron chi connectivity index (χ3n) is 6.69. The number of H-pyrrole nitrogens is 2. The average molecular weight is 572 g/mol. The molecular weight excluding hydrogens is 542 g/mol. The Morgan fingerprint density at radius 3 is 2.46 bits per heavy atom. The Kier molecular flexibility index (Phi) is 8.12. The van der Waals surface area contributed by atoms with Gasteiger partial charge in [-0.05, 0) is 73.5 Å². The van der Waals surface area contributed by atoms with Gasteiger partial charge in [0, 0.05) is 42.1 Å². The fraction of sp³-hybridized carbons (Fsp3) is 0.296. The van der Waals surface area contributed by atoms with Gasteiger partial charge in [0.2, 0.25) is 0 Å². The van der Waals surface area contributed by atoms with Crippen LogP contribution in [0.3, 0.4) is 0 Å². The first kappa shape index (κ1) is 27.1. The third-order valence-corrected chi connectivity index (χ3v) is 8.34. The van der Waals surface area contributed by atoms with E-state index in [2.05, 4.69) is 24.9 Å². The van der Waals surface area contributed by atoms with E-state index < -0.39 is 16.1 Å². The summed E-state index contributed by atoms with van der Waals surface area (Å²) in [5, 5.41) is 14.3. The molecule has 0 radical (unpaired) electrons. The van der Waals surface area contributed by atoms with E-state index in [4.69, 9.17) is 16.3 Å². The predicted octanol–water partition coefficient (Wildman–Crippen LogP) is 3.31. The highest BCUT2D eigenvalue weighted by atomic mass is 35.5. The molecule has 4 aromatic rings. The van der Waals surface area contributed by atoms with E-state index in [1.165, 1.54) is 12.1 Å². The van der Waals surface area contributed by atoms with Crippen molar-refractivity contribution in [3.05, 3.63) is 82.2 Å². The van der Waals surface area contributed by atoms with E-state index in [1.54, 1.807) is 42.5 Å². The monoisotopic (exact) mass is 571 g/mol. The lowest BCUT2D eigenvalue weighted by molar-refractivity contribution is 0.103. The molecule has 2 heterocycles. The lowest BCUT2D eigenvalue weighted by Crippen LogP contribution is -2.45. The van der Waals surface area contributed by atoms with Crippen LogP contribution in [-0.2, 0) is 10.0 Å². The molecule has 5 N–H and O–H groups in total. The van der Waals surface area contributed by atoms with E-state index in [0.29, 0.717) is 34.0 Å². The summed E-state index contributed by atoms with van der Waals surface area (Å²) in [6, 6.07) is 18.9. The number of anilines is 2. The van der Waals surface area contributed by atoms with Gasteiger partial charge in [0.1, 0.15) is 24.0 Å². The van der Waals surface area contributed by atoms with E-state index in [1.807, 2.05) is 12.1 Å². The topological polar surface area (TPSA) is 140 Å². The zero-order valence-electron chi connectivity index (χ0n) is 21.1. The summed E-state index contributed by atoms with van der Waals surface area (Å²) in [5.74, 6) is 0.516. The van der Waals surface area contributed by atoms with Crippen molar-refractivity contribution in [2.24, 2.45) is 0 Å². The van der Waals surface area contributed by atoms with E-state index in [0.717, 1.165) is 31.6 Å². The number of hydrogen-bond donors (Lipinski definition) is 5. The largest absolute Gasteiger partial charge is 0.489 e. The number of aliphatic hydroxyl groups is 1. The van der Waals surface area contributed by atoms with Crippen molar-refractivity contribution in [2.45, 2.75) is 29.9 Å². The van der Waals surface area contributed by atoms with E-state index in [-0.39, 0.29) is 23.2 Å². The fourth-order valence-electron chi connectivity index (χ4n) is 4.61. The summed E-state index contributed by atoms with van der Waals surface area (Å²) in [7, 11) is -3.69. The lowest BCUT2D eigenvalue weighted by atomic mass is 10.0. The summed E-state index contributed by atoms with van der Waals surface area (Å²) < 4.78 is 33.5. The van der Waals surface area contributed by atoms with Crippen molar-refractivity contribution >= 4 is 44.0 Å². The van der Waals surface area contributed by atoms with Gasteiger partial charge in [-0.15, -0.1) is 0 Å². The summed E-state index contributed by atoms with van der Waals surface area (Å²) in [4.78, 5) is 19.3. The molecule has 0 bridgehead atoms. The highest BCUT2D eigenvalue weighted by Crippen LogP contribution is 2.24. The zero-order chi connectivity index (χ0) is 27.4. The number of hydrogen-bond acceptors (Lipinski definition) is 7. The fourth-order valence-corrected chi connectivity index (χ4v) is 5.79. The van der Waals surface area contributed by atoms with Crippen LogP contribution in [0.4, 0.5) is 11.4 Å². The molecule has 3 aromatic carbocycles. The molecule has 1 aliphatic rings. The number of piperidine rings is 1. The first-order chi connectivity index (χ1) is 18.8. The minimum absolute atomic E-state index is 0.103. The van der Waals surface area contributed by atoms with Gasteiger partial charge in [0.25, 0.3) is 10.0 Å². The lowest BCUT2D eigenvalue weighted by Gasteiger charge is -2.34. The van der Waals surface area contributed by atoms with Crippen LogP contribution in [0.15, 0.2) is 76.4 Å². The molecule has 0 unspecified atom stereocenters. The second-order valence-electron chi connectivity index (χ2n) is 9.50. The quantitative estimate of drug-likeness (QED) is 0.197. The standard InChI is InChI=1S/C27H30ClN5O5S/c28-18-4-10-23(11-5-18)39(36,37)32-20-6-8-21(9-7-20)33-14-12-19(13-15-33)29-16-22(34)17-38-25-3-1-2-24-26(25)31-27(35)30-24/h1-11,19,22,29,32,34H,12-17H2,(H2,30,31,35)/t22-/m0/s1. The highest BCUT2D eigenvalue weighted by Gasteiger charge is 2.21. The maximum atomic E-state index is 12.6. The Morgan fingerprint density at radius 2 is 1.74 bits per heavy atom. The number of imidazole rings is 1. The molecule has 0 aliphatic carbocycles. The smallest absolute Gasteiger partial charge is 0.323 e. The Bertz CT molecular complexity index is 1560. The number of aromatic amines is 2. The third kappa shape index (κ3) is 6.74. The minimum atomic E-state index is -3.69. The van der Waals surface area contributed by atoms with Gasteiger partial charge >= 0.3 is 5.69 Å². The molecule has 39 heavy (non-hydrogen) atoms. The van der Waals surface area contributed by atoms with E-state index in [9.17, 15) is 18.3 Å². The van der Waals surface area contributed by atoms with Gasteiger partial charge < -0.3 is 30.0 Å². The maximum absolute atomic E-state index is 12.6. The molecule has 1 fully saturated rings. The summed E-state index contributed by atoms with van der Waals surface area (Å²) in [6.45, 7) is 2.17. The SMILES string of the molecule is O=c1[nH]c2cccc(OC[C@@H](O)CNC3CCN(c4ccc(NS(=O)(=O)c5ccc(Cl)cc5)cc4)CC3)c2[nH]1. The average Bonchev–Trinajstić information content (AvgIpc) is 3.32. The van der Waals surface area contributed by atoms with Crippen LogP contribution in [0.5, 0.6) is 5.75 Å². The number of benzene rings is 3. The molecular formula is C27H30ClN5O5S. The highest BCUT2D eigenvalue weighted by molar-refractivity contribution is 7.92. The normalized spacial score (nSPS) is 15.4. The summed E-state index contributed by atoms with van der Waals surface area (Å²) in [6.07, 6.45) is 1.11. The number of nitrogens with one attached hydrogen (secondary N) is 4. The number of sulfonamides is 1. The van der Waals surface area contributed by atoms with Crippen LogP contribution in [0.1, 0.15) is 12.8 Å². The first-order valence-corrected chi connectivity index (χ1v) is 14.5. The zero-order valence-corrected chi connectivity index (χ0v) is 22.6. The Balaban J connectivity index is 1.06. The van der Waals surface area contributed by atoms with Crippen LogP contribution >= 0.6 is 11.6 Å². The number of rotatable bonds is 10. The number of fused-ring (bicyclic) bond motifs is 1. The predicted molar refractivity (Wildman–Crippen MR) is 152 cm³/mol. The van der Waals surface area contributed by atoms with Gasteiger partial charge in [0.05, 0.1) is 10.4 Å². The number of nitrogens with zero attached hydrogens (tertiary/aromatic N) is 1. The van der Waals surface area contributed by atoms with Gasteiger partial charge in [0.15, 0.2) is 0 Å². The van der Waals surface area contributed by atoms with Gasteiger partial charge in [-0.1, -0.05) is 17.7 Å². The molecule has 206 valence electrons. The van der Waals surface area contributed by atoms with Crippen molar-refractivity contribution in [3.63, 3.8) is 0 Å². The molecule has 1 atom stereocenters. The molecule has 0 amide bonds. The van der Waals surface area contributed by atoms with Gasteiger partial charge in [-0.3, -0.25) is 4.72 Å². The van der Waals surface area contributed by atoms with E-state index >= 15 is 0 Å². The number of aliphatic hydroxyl groups excluding tert-OH is 1. The summed E-state index contributed by atoms with van der Waals surface area (Å²) in [5.41, 5.74) is 2.45. The Morgan fingerprint density at radius 1 is 1.03 bits per heavy atom. The second kappa shape index (κ2) is 11.7. The molecule has 10 nitrogen and oxygen atoms in total. The van der Waals surface area contributed by atoms with Crippen molar-refractivity contribution in [3.8, 4) is 5.75 Å². The van der Waals surface area contributed by atoms with Crippen molar-refractivity contribution in [2.75, 3.05) is 35.9 Å². The summed E-state index contributed by atoms with van der Waals surface area (Å²) >= 11 is 5.85. The molecule has 0 saturated carbocycles.